The van der Waals surface area contributed by atoms with Crippen molar-refractivity contribution in [3.63, 3.8) is 0 Å². The van der Waals surface area contributed by atoms with Crippen LogP contribution in [0.15, 0.2) is 24.3 Å². The van der Waals surface area contributed by atoms with Crippen LogP contribution in [0.4, 0.5) is 35.1 Å². The summed E-state index contributed by atoms with van der Waals surface area (Å²) in [7, 11) is 1.03. The smallest absolute Gasteiger partial charge is 0.416 e. The third-order valence-corrected chi connectivity index (χ3v) is 6.64. The molecule has 1 aromatic carbocycles. The van der Waals surface area contributed by atoms with E-state index in [0.29, 0.717) is 6.42 Å². The summed E-state index contributed by atoms with van der Waals surface area (Å²) in [5.74, 6) is -5.99. The molecule has 3 nitrogen and oxygen atoms in total. The highest BCUT2D eigenvalue weighted by Crippen LogP contribution is 2.49. The Labute approximate surface area is 206 Å². The average Bonchev–Trinajstić information content (AvgIpc) is 2.73. The van der Waals surface area contributed by atoms with Gasteiger partial charge in [0.05, 0.1) is 25.0 Å². The van der Waals surface area contributed by atoms with Gasteiger partial charge < -0.3 is 4.74 Å². The van der Waals surface area contributed by atoms with Crippen LogP contribution < -0.4 is 0 Å². The summed E-state index contributed by atoms with van der Waals surface area (Å²) >= 11 is 0. The minimum atomic E-state index is -4.65. The highest BCUT2D eigenvalue weighted by Gasteiger charge is 2.53. The zero-order chi connectivity index (χ0) is 27.5. The molecule has 0 amide bonds. The van der Waals surface area contributed by atoms with Gasteiger partial charge >= 0.3 is 18.3 Å². The van der Waals surface area contributed by atoms with Crippen molar-refractivity contribution < 1.29 is 44.7 Å². The Balaban J connectivity index is 2.56. The normalized spacial score (nSPS) is 22.3. The van der Waals surface area contributed by atoms with Crippen LogP contribution in [-0.4, -0.2) is 42.7 Å². The molecule has 11 heteroatoms. The fourth-order valence-corrected chi connectivity index (χ4v) is 4.70. The second-order valence-electron chi connectivity index (χ2n) is 10.6. The molecule has 206 valence electrons. The zero-order valence-corrected chi connectivity index (χ0v) is 20.8. The number of hydrogen-bond acceptors (Lipinski definition) is 3. The van der Waals surface area contributed by atoms with Crippen LogP contribution in [0.25, 0.3) is 0 Å². The molecule has 0 unspecified atom stereocenters. The monoisotopic (exact) mass is 531 g/mol. The van der Waals surface area contributed by atoms with E-state index < -0.39 is 67.1 Å². The maximum absolute atomic E-state index is 15.2. The van der Waals surface area contributed by atoms with E-state index in [9.17, 15) is 31.1 Å². The number of hydrogen-bond donors (Lipinski definition) is 0. The molecule has 1 saturated heterocycles. The van der Waals surface area contributed by atoms with Gasteiger partial charge in [0.1, 0.15) is 0 Å². The van der Waals surface area contributed by atoms with Gasteiger partial charge in [-0.15, -0.1) is 0 Å². The predicted octanol–water partition coefficient (Wildman–Crippen LogP) is 7.80. The number of likely N-dealkylation sites (tertiary alicyclic amines) is 1. The fraction of sp³-hybridized carbons (Fsp3) is 0.720. The Morgan fingerprint density at radius 3 is 2.06 bits per heavy atom. The number of benzene rings is 1. The molecule has 0 spiro atoms. The van der Waals surface area contributed by atoms with E-state index >= 15 is 8.78 Å². The van der Waals surface area contributed by atoms with Crippen molar-refractivity contribution in [2.75, 3.05) is 13.7 Å². The lowest BCUT2D eigenvalue weighted by Crippen LogP contribution is -2.53. The van der Waals surface area contributed by atoms with Crippen LogP contribution in [0.1, 0.15) is 76.5 Å². The molecule has 0 radical (unpaired) electrons. The van der Waals surface area contributed by atoms with E-state index in [1.54, 1.807) is 0 Å². The number of piperidine rings is 1. The van der Waals surface area contributed by atoms with Crippen molar-refractivity contribution >= 4 is 5.97 Å². The number of nitrogens with zero attached hydrogens (tertiary/aromatic N) is 1. The van der Waals surface area contributed by atoms with E-state index in [1.807, 2.05) is 20.8 Å². The molecule has 0 bridgehead atoms. The Bertz CT molecular complexity index is 841. The van der Waals surface area contributed by atoms with Crippen molar-refractivity contribution in [3.8, 4) is 0 Å². The van der Waals surface area contributed by atoms with Crippen LogP contribution in [0.2, 0.25) is 0 Å². The van der Waals surface area contributed by atoms with E-state index in [-0.39, 0.29) is 30.4 Å². The van der Waals surface area contributed by atoms with Crippen LogP contribution in [0.3, 0.4) is 0 Å². The van der Waals surface area contributed by atoms with Crippen LogP contribution in [-0.2, 0) is 15.7 Å². The summed E-state index contributed by atoms with van der Waals surface area (Å²) < 4.78 is 114. The maximum Gasteiger partial charge on any atom is 0.416 e. The summed E-state index contributed by atoms with van der Waals surface area (Å²) in [6.07, 6.45) is -11.2. The number of ether oxygens (including phenoxy) is 1. The van der Waals surface area contributed by atoms with Crippen molar-refractivity contribution in [3.05, 3.63) is 35.4 Å². The lowest BCUT2D eigenvalue weighted by molar-refractivity contribution is -0.168. The first kappa shape index (κ1) is 30.3. The van der Waals surface area contributed by atoms with Gasteiger partial charge in [0.2, 0.25) is 0 Å². The van der Waals surface area contributed by atoms with Gasteiger partial charge in [0.15, 0.2) is 0 Å². The molecule has 1 aromatic rings. The summed E-state index contributed by atoms with van der Waals surface area (Å²) in [5.41, 5.74) is -1.14. The molecule has 1 aliphatic heterocycles. The summed E-state index contributed by atoms with van der Waals surface area (Å²) in [5, 5.41) is 0. The van der Waals surface area contributed by atoms with E-state index in [0.717, 1.165) is 31.4 Å². The number of carbonyl (C=O) groups is 1. The molecule has 0 saturated carbocycles. The van der Waals surface area contributed by atoms with E-state index in [2.05, 4.69) is 4.74 Å². The molecular formula is C25H33F8NO2. The Morgan fingerprint density at radius 1 is 1.03 bits per heavy atom. The molecule has 3 atom stereocenters. The molecule has 2 rings (SSSR count). The number of methoxy groups -OCH3 is 1. The molecule has 0 aliphatic carbocycles. The lowest BCUT2D eigenvalue weighted by atomic mass is 9.77. The predicted molar refractivity (Wildman–Crippen MR) is 118 cm³/mol. The highest BCUT2D eigenvalue weighted by atomic mass is 19.4. The van der Waals surface area contributed by atoms with Crippen molar-refractivity contribution in [1.82, 2.24) is 4.90 Å². The van der Waals surface area contributed by atoms with Crippen LogP contribution >= 0.6 is 0 Å². The largest absolute Gasteiger partial charge is 0.469 e. The van der Waals surface area contributed by atoms with Crippen molar-refractivity contribution in [2.24, 2.45) is 11.3 Å². The summed E-state index contributed by atoms with van der Waals surface area (Å²) in [4.78, 5) is 13.6. The quantitative estimate of drug-likeness (QED) is 0.253. The Morgan fingerprint density at radius 2 is 1.58 bits per heavy atom. The topological polar surface area (TPSA) is 29.5 Å². The number of halogens is 8. The van der Waals surface area contributed by atoms with Gasteiger partial charge in [-0.05, 0) is 42.4 Å². The number of esters is 1. The highest BCUT2D eigenvalue weighted by molar-refractivity contribution is 5.69. The number of rotatable bonds is 8. The Hall–Kier alpha value is -1.91. The van der Waals surface area contributed by atoms with E-state index in [1.165, 1.54) is 4.90 Å². The van der Waals surface area contributed by atoms with Crippen molar-refractivity contribution in [1.29, 1.82) is 0 Å². The zero-order valence-electron chi connectivity index (χ0n) is 20.8. The second-order valence-corrected chi connectivity index (χ2v) is 10.6. The Kier molecular flexibility index (Phi) is 9.45. The summed E-state index contributed by atoms with van der Waals surface area (Å²) in [6.45, 7) is 5.46. The van der Waals surface area contributed by atoms with Gasteiger partial charge in [-0.2, -0.15) is 26.3 Å². The third-order valence-electron chi connectivity index (χ3n) is 6.64. The molecule has 1 heterocycles. The van der Waals surface area contributed by atoms with Crippen molar-refractivity contribution in [2.45, 2.75) is 89.7 Å². The van der Waals surface area contributed by atoms with Gasteiger partial charge in [-0.3, -0.25) is 9.69 Å². The maximum atomic E-state index is 15.2. The minimum absolute atomic E-state index is 0.0871. The first-order valence-electron chi connectivity index (χ1n) is 11.8. The molecule has 1 aliphatic rings. The standard InChI is InChI=1S/C25H33F8NO2/c1-22(2,3)11-9-18(10-12-24(28,29)30)34-14-13-23(26,27)19(15-20(35)36-4)21(34)16-5-7-17(8-6-16)25(31,32)33/h5-8,18-19,21H,9-15H2,1-4H3/t18-,19-,21-/m1/s1. The summed E-state index contributed by atoms with van der Waals surface area (Å²) in [6, 6.07) is 1.61. The second kappa shape index (κ2) is 11.2. The van der Waals surface area contributed by atoms with Gasteiger partial charge in [0.25, 0.3) is 5.92 Å². The lowest BCUT2D eigenvalue weighted by Gasteiger charge is -2.49. The fourth-order valence-electron chi connectivity index (χ4n) is 4.70. The molecule has 36 heavy (non-hydrogen) atoms. The van der Waals surface area contributed by atoms with Gasteiger partial charge in [0, 0.05) is 31.5 Å². The SMILES string of the molecule is COC(=O)C[C@@H]1[C@@H](c2ccc(C(F)(F)F)cc2)N([C@H](CCC(C)(C)C)CCC(F)(F)F)CCC1(F)F. The molecule has 0 N–H and O–H groups in total. The number of carbonyl (C=O) groups excluding carboxylic acids is 1. The average molecular weight is 532 g/mol. The number of alkyl halides is 8. The van der Waals surface area contributed by atoms with Crippen LogP contribution in [0, 0.1) is 11.3 Å². The first-order valence-corrected chi connectivity index (χ1v) is 11.8. The first-order chi connectivity index (χ1) is 16.3. The third kappa shape index (κ3) is 8.59. The molecular weight excluding hydrogens is 498 g/mol. The molecule has 0 aromatic heterocycles. The van der Waals surface area contributed by atoms with Gasteiger partial charge in [-0.25, -0.2) is 8.78 Å². The van der Waals surface area contributed by atoms with Crippen LogP contribution in [0.5, 0.6) is 0 Å². The molecule has 1 fully saturated rings. The van der Waals surface area contributed by atoms with Gasteiger partial charge in [-0.1, -0.05) is 32.9 Å². The minimum Gasteiger partial charge on any atom is -0.469 e. The van der Waals surface area contributed by atoms with E-state index in [4.69, 9.17) is 0 Å².